The van der Waals surface area contributed by atoms with Crippen molar-refractivity contribution < 1.29 is 14.7 Å². The Balaban J connectivity index is 2.66. The van der Waals surface area contributed by atoms with Crippen LogP contribution in [0.2, 0.25) is 0 Å². The highest BCUT2D eigenvalue weighted by atomic mass is 32.2. The predicted octanol–water partition coefficient (Wildman–Crippen LogP) is 1.26. The molecule has 0 fully saturated rings. The molecular weight excluding hydrogens is 240 g/mol. The lowest BCUT2D eigenvalue weighted by atomic mass is 10.2. The summed E-state index contributed by atoms with van der Waals surface area (Å²) in [4.78, 5) is 26.1. The first kappa shape index (κ1) is 13.5. The molecule has 1 aromatic rings. The maximum Gasteiger partial charge on any atom is 0.337 e. The number of nitrogens with zero attached hydrogens (tertiary/aromatic N) is 1. The van der Waals surface area contributed by atoms with Crippen molar-refractivity contribution in [3.8, 4) is 0 Å². The van der Waals surface area contributed by atoms with Crippen LogP contribution in [0.1, 0.15) is 27.8 Å². The van der Waals surface area contributed by atoms with Crippen LogP contribution in [0.3, 0.4) is 0 Å². The molecule has 92 valence electrons. The molecule has 6 heteroatoms. The van der Waals surface area contributed by atoms with Crippen LogP contribution < -0.4 is 5.32 Å². The molecule has 0 aliphatic carbocycles. The Hall–Kier alpha value is -1.56. The predicted molar refractivity (Wildman–Crippen MR) is 66.5 cm³/mol. The fourth-order valence-electron chi connectivity index (χ4n) is 1.24. The molecule has 17 heavy (non-hydrogen) atoms. The number of hydrogen-bond acceptors (Lipinski definition) is 4. The molecule has 0 aromatic carbocycles. The van der Waals surface area contributed by atoms with Crippen LogP contribution in [-0.2, 0) is 0 Å². The summed E-state index contributed by atoms with van der Waals surface area (Å²) in [5.74, 6) is -0.525. The van der Waals surface area contributed by atoms with Crippen molar-refractivity contribution in [2.24, 2.45) is 0 Å². The lowest BCUT2D eigenvalue weighted by Crippen LogP contribution is -2.34. The lowest BCUT2D eigenvalue weighted by molar-refractivity contribution is 0.0695. The summed E-state index contributed by atoms with van der Waals surface area (Å²) in [5.41, 5.74) is 0.293. The minimum Gasteiger partial charge on any atom is -0.478 e. The molecule has 0 spiro atoms. The Bertz CT molecular complexity index is 406. The minimum atomic E-state index is -1.06. The summed E-state index contributed by atoms with van der Waals surface area (Å²) in [6.07, 6.45) is 3.14. The smallest absolute Gasteiger partial charge is 0.337 e. The maximum atomic E-state index is 11.7. The Labute approximate surface area is 104 Å². The van der Waals surface area contributed by atoms with Crippen molar-refractivity contribution in [1.29, 1.82) is 0 Å². The number of carbonyl (C=O) groups excluding carboxylic acids is 1. The SMILES string of the molecule is CSCC(C)NC(=O)c1ccc(C(=O)O)cn1. The van der Waals surface area contributed by atoms with Gasteiger partial charge in [0.05, 0.1) is 5.56 Å². The van der Waals surface area contributed by atoms with E-state index in [2.05, 4.69) is 10.3 Å². The number of carbonyl (C=O) groups is 2. The van der Waals surface area contributed by atoms with Gasteiger partial charge in [0.1, 0.15) is 5.69 Å². The fraction of sp³-hybridized carbons (Fsp3) is 0.364. The zero-order valence-electron chi connectivity index (χ0n) is 9.64. The monoisotopic (exact) mass is 254 g/mol. The van der Waals surface area contributed by atoms with Crippen molar-refractivity contribution in [3.63, 3.8) is 0 Å². The van der Waals surface area contributed by atoms with Crippen molar-refractivity contribution >= 4 is 23.6 Å². The van der Waals surface area contributed by atoms with Crippen LogP contribution in [0.4, 0.5) is 0 Å². The second-order valence-corrected chi connectivity index (χ2v) is 4.48. The number of carboxylic acid groups (broad SMARTS) is 1. The molecular formula is C11H14N2O3S. The molecule has 1 rings (SSSR count). The topological polar surface area (TPSA) is 79.3 Å². The van der Waals surface area contributed by atoms with Gasteiger partial charge in [-0.15, -0.1) is 0 Å². The molecule has 1 unspecified atom stereocenters. The number of nitrogens with one attached hydrogen (secondary N) is 1. The molecule has 1 atom stereocenters. The third kappa shape index (κ3) is 4.07. The van der Waals surface area contributed by atoms with Gasteiger partial charge in [-0.2, -0.15) is 11.8 Å². The standard InChI is InChI=1S/C11H14N2O3S/c1-7(6-17-2)13-10(14)9-4-3-8(5-12-9)11(15)16/h3-5,7H,6H2,1-2H3,(H,13,14)(H,15,16). The number of aromatic nitrogens is 1. The van der Waals surface area contributed by atoms with Crippen LogP contribution in [0.25, 0.3) is 0 Å². The highest BCUT2D eigenvalue weighted by Crippen LogP contribution is 2.02. The van der Waals surface area contributed by atoms with E-state index in [1.165, 1.54) is 18.3 Å². The van der Waals surface area contributed by atoms with E-state index < -0.39 is 5.97 Å². The molecule has 0 saturated carbocycles. The van der Waals surface area contributed by atoms with E-state index in [4.69, 9.17) is 5.11 Å². The number of rotatable bonds is 5. The Morgan fingerprint density at radius 1 is 1.53 bits per heavy atom. The Morgan fingerprint density at radius 3 is 2.71 bits per heavy atom. The Morgan fingerprint density at radius 2 is 2.24 bits per heavy atom. The van der Waals surface area contributed by atoms with Gasteiger partial charge in [0.25, 0.3) is 5.91 Å². The maximum absolute atomic E-state index is 11.7. The van der Waals surface area contributed by atoms with E-state index in [1.54, 1.807) is 11.8 Å². The second kappa shape index (κ2) is 6.24. The number of amides is 1. The molecule has 0 bridgehead atoms. The number of hydrogen-bond donors (Lipinski definition) is 2. The largest absolute Gasteiger partial charge is 0.478 e. The normalized spacial score (nSPS) is 11.9. The van der Waals surface area contributed by atoms with Gasteiger partial charge in [-0.05, 0) is 25.3 Å². The molecule has 1 heterocycles. The summed E-state index contributed by atoms with van der Waals surface area (Å²) in [5, 5.41) is 11.5. The quantitative estimate of drug-likeness (QED) is 0.827. The first-order chi connectivity index (χ1) is 8.04. The average molecular weight is 254 g/mol. The van der Waals surface area contributed by atoms with Gasteiger partial charge in [0.2, 0.25) is 0 Å². The Kier molecular flexibility index (Phi) is 4.96. The number of thioether (sulfide) groups is 1. The molecule has 1 amide bonds. The van der Waals surface area contributed by atoms with E-state index >= 15 is 0 Å². The van der Waals surface area contributed by atoms with E-state index in [-0.39, 0.29) is 23.2 Å². The first-order valence-corrected chi connectivity index (χ1v) is 6.43. The molecule has 0 aliphatic heterocycles. The summed E-state index contributed by atoms with van der Waals surface area (Å²) < 4.78 is 0. The zero-order valence-corrected chi connectivity index (χ0v) is 10.5. The van der Waals surface area contributed by atoms with Crippen molar-refractivity contribution in [2.45, 2.75) is 13.0 Å². The zero-order chi connectivity index (χ0) is 12.8. The van der Waals surface area contributed by atoms with E-state index in [0.29, 0.717) is 0 Å². The van der Waals surface area contributed by atoms with Crippen molar-refractivity contribution in [2.75, 3.05) is 12.0 Å². The highest BCUT2D eigenvalue weighted by molar-refractivity contribution is 7.98. The van der Waals surface area contributed by atoms with Gasteiger partial charge in [-0.3, -0.25) is 9.78 Å². The fourth-order valence-corrected chi connectivity index (χ4v) is 1.83. The number of pyridine rings is 1. The van der Waals surface area contributed by atoms with Crippen LogP contribution in [-0.4, -0.2) is 40.0 Å². The van der Waals surface area contributed by atoms with Gasteiger partial charge in [0, 0.05) is 18.0 Å². The number of carboxylic acids is 1. The minimum absolute atomic E-state index is 0.0541. The molecule has 0 saturated heterocycles. The lowest BCUT2D eigenvalue weighted by Gasteiger charge is -2.11. The molecule has 0 radical (unpaired) electrons. The third-order valence-electron chi connectivity index (χ3n) is 2.04. The summed E-state index contributed by atoms with van der Waals surface area (Å²) in [7, 11) is 0. The van der Waals surface area contributed by atoms with Crippen LogP contribution in [0.15, 0.2) is 18.3 Å². The van der Waals surface area contributed by atoms with E-state index in [0.717, 1.165) is 5.75 Å². The second-order valence-electron chi connectivity index (χ2n) is 3.57. The van der Waals surface area contributed by atoms with E-state index in [1.807, 2.05) is 13.2 Å². The molecule has 1 aromatic heterocycles. The first-order valence-electron chi connectivity index (χ1n) is 5.03. The van der Waals surface area contributed by atoms with Crippen LogP contribution in [0, 0.1) is 0 Å². The van der Waals surface area contributed by atoms with E-state index in [9.17, 15) is 9.59 Å². The summed E-state index contributed by atoms with van der Waals surface area (Å²) in [6, 6.07) is 2.83. The highest BCUT2D eigenvalue weighted by Gasteiger charge is 2.11. The van der Waals surface area contributed by atoms with Crippen molar-refractivity contribution in [3.05, 3.63) is 29.6 Å². The van der Waals surface area contributed by atoms with Gasteiger partial charge < -0.3 is 10.4 Å². The summed E-state index contributed by atoms with van der Waals surface area (Å²) >= 11 is 1.64. The average Bonchev–Trinajstić information content (AvgIpc) is 2.29. The summed E-state index contributed by atoms with van der Waals surface area (Å²) in [6.45, 7) is 1.90. The molecule has 0 aliphatic rings. The molecule has 5 nitrogen and oxygen atoms in total. The third-order valence-corrected chi connectivity index (χ3v) is 2.87. The van der Waals surface area contributed by atoms with Crippen molar-refractivity contribution in [1.82, 2.24) is 10.3 Å². The van der Waals surface area contributed by atoms with Gasteiger partial charge >= 0.3 is 5.97 Å². The van der Waals surface area contributed by atoms with Gasteiger partial charge in [-0.25, -0.2) is 4.79 Å². The van der Waals surface area contributed by atoms with Crippen LogP contribution in [0.5, 0.6) is 0 Å². The van der Waals surface area contributed by atoms with Gasteiger partial charge in [0.15, 0.2) is 0 Å². The van der Waals surface area contributed by atoms with Crippen LogP contribution >= 0.6 is 11.8 Å². The number of aromatic carboxylic acids is 1. The molecule has 2 N–H and O–H groups in total. The van der Waals surface area contributed by atoms with Gasteiger partial charge in [-0.1, -0.05) is 0 Å².